The van der Waals surface area contributed by atoms with Gasteiger partial charge in [0, 0.05) is 8.74 Å². The first kappa shape index (κ1) is 23.4. The van der Waals surface area contributed by atoms with Gasteiger partial charge in [-0.25, -0.2) is 0 Å². The van der Waals surface area contributed by atoms with Gasteiger partial charge in [0.05, 0.1) is 19.0 Å². The molecule has 0 spiro atoms. The van der Waals surface area contributed by atoms with Gasteiger partial charge in [0.25, 0.3) is 0 Å². The van der Waals surface area contributed by atoms with Crippen LogP contribution >= 0.6 is 23.5 Å². The summed E-state index contributed by atoms with van der Waals surface area (Å²) in [6, 6.07) is 10.7. The summed E-state index contributed by atoms with van der Waals surface area (Å²) in [5, 5.41) is 24.0. The van der Waals surface area contributed by atoms with Crippen molar-refractivity contribution < 1.29 is 0 Å². The Morgan fingerprint density at radius 1 is 0.846 bits per heavy atom. The smallest absolute Gasteiger partial charge is 0.133 e. The molecule has 6 heteroatoms. The summed E-state index contributed by atoms with van der Waals surface area (Å²) in [4.78, 5) is 0. The van der Waals surface area contributed by atoms with E-state index < -0.39 is 0 Å². The van der Waals surface area contributed by atoms with Crippen LogP contribution in [0.15, 0.2) is 30.3 Å². The average molecular weight is 417 g/mol. The fraction of sp³-hybridized carbons (Fsp3) is 0.600. The molecule has 0 aliphatic carbocycles. The van der Waals surface area contributed by atoms with Crippen molar-refractivity contribution in [3.63, 3.8) is 0 Å². The molecule has 4 radical (unpaired) electrons. The van der Waals surface area contributed by atoms with Crippen molar-refractivity contribution in [3.05, 3.63) is 35.9 Å². The van der Waals surface area contributed by atoms with Crippen LogP contribution in [0.4, 0.5) is 0 Å². The number of thioether (sulfide) groups is 2. The van der Waals surface area contributed by atoms with Crippen LogP contribution in [0.3, 0.4) is 0 Å². The first-order chi connectivity index (χ1) is 12.5. The lowest BCUT2D eigenvalue weighted by atomic mass is 10.2. The molecule has 1 rings (SSSR count). The molecule has 0 aliphatic heterocycles. The topological polar surface area (TPSA) is 47.6 Å². The standard InChI is InChI=1S/C20H28N2S2Si2/c1-5-19(6-2,23-15-21)25-18(14-17-12-10-9-11-13-17)26-20(7-3,8-4)24-16-22/h9-13,18H,5-8,14H2,1-4H3. The van der Waals surface area contributed by atoms with Crippen LogP contribution in [0.2, 0.25) is 5.16 Å². The van der Waals surface area contributed by atoms with Crippen molar-refractivity contribution in [1.82, 2.24) is 0 Å². The molecule has 0 bridgehead atoms. The van der Waals surface area contributed by atoms with Crippen LogP contribution in [0.1, 0.15) is 58.9 Å². The van der Waals surface area contributed by atoms with Gasteiger partial charge >= 0.3 is 0 Å². The van der Waals surface area contributed by atoms with Crippen molar-refractivity contribution in [2.45, 2.75) is 73.7 Å². The van der Waals surface area contributed by atoms with E-state index in [0.29, 0.717) is 5.16 Å². The summed E-state index contributed by atoms with van der Waals surface area (Å²) < 4.78 is 0.0947. The van der Waals surface area contributed by atoms with E-state index >= 15 is 0 Å². The molecule has 0 amide bonds. The Balaban J connectivity index is 3.12. The lowest BCUT2D eigenvalue weighted by molar-refractivity contribution is 0.696. The Labute approximate surface area is 173 Å². The summed E-state index contributed by atoms with van der Waals surface area (Å²) in [6.07, 6.45) is 5.12. The molecule has 0 aliphatic rings. The summed E-state index contributed by atoms with van der Waals surface area (Å²) in [5.41, 5.74) is 1.36. The molecule has 0 atom stereocenters. The highest BCUT2D eigenvalue weighted by Crippen LogP contribution is 2.39. The van der Waals surface area contributed by atoms with Crippen LogP contribution < -0.4 is 0 Å². The van der Waals surface area contributed by atoms with Gasteiger partial charge in [-0.2, -0.15) is 10.5 Å². The van der Waals surface area contributed by atoms with Crippen LogP contribution in [0.5, 0.6) is 0 Å². The van der Waals surface area contributed by atoms with Crippen LogP contribution in [0.25, 0.3) is 0 Å². The Morgan fingerprint density at radius 2 is 1.27 bits per heavy atom. The van der Waals surface area contributed by atoms with E-state index in [1.807, 2.05) is 0 Å². The van der Waals surface area contributed by atoms with Crippen molar-refractivity contribution in [3.8, 4) is 10.8 Å². The van der Waals surface area contributed by atoms with Gasteiger partial charge < -0.3 is 0 Å². The fourth-order valence-corrected chi connectivity index (χ4v) is 10.9. The van der Waals surface area contributed by atoms with E-state index in [0.717, 1.165) is 51.1 Å². The van der Waals surface area contributed by atoms with Gasteiger partial charge in [0.1, 0.15) is 10.8 Å². The molecule has 0 aromatic heterocycles. The van der Waals surface area contributed by atoms with Crippen molar-refractivity contribution in [1.29, 1.82) is 10.5 Å². The summed E-state index contributed by atoms with van der Waals surface area (Å²) in [6.45, 7) is 8.84. The largest absolute Gasteiger partial charge is 0.185 e. The monoisotopic (exact) mass is 416 g/mol. The molecule has 1 aromatic carbocycles. The zero-order chi connectivity index (χ0) is 19.5. The van der Waals surface area contributed by atoms with Crippen molar-refractivity contribution in [2.24, 2.45) is 0 Å². The molecule has 0 saturated carbocycles. The number of benzene rings is 1. The van der Waals surface area contributed by atoms with Crippen molar-refractivity contribution in [2.75, 3.05) is 0 Å². The van der Waals surface area contributed by atoms with E-state index in [1.165, 1.54) is 29.1 Å². The minimum Gasteiger partial charge on any atom is -0.185 e. The number of nitriles is 2. The quantitative estimate of drug-likeness (QED) is 0.317. The lowest BCUT2D eigenvalue weighted by Gasteiger charge is -2.36. The molecule has 1 aromatic rings. The fourth-order valence-electron chi connectivity index (χ4n) is 3.05. The third-order valence-electron chi connectivity index (χ3n) is 4.92. The minimum atomic E-state index is 0.0474. The van der Waals surface area contributed by atoms with E-state index in [1.54, 1.807) is 0 Å². The zero-order valence-corrected chi connectivity index (χ0v) is 19.8. The first-order valence-corrected chi connectivity index (χ1v) is 13.0. The molecule has 2 nitrogen and oxygen atoms in total. The summed E-state index contributed by atoms with van der Waals surface area (Å²) in [7, 11) is 1.46. The highest BCUT2D eigenvalue weighted by atomic mass is 32.2. The van der Waals surface area contributed by atoms with E-state index in [-0.39, 0.29) is 8.74 Å². The third kappa shape index (κ3) is 6.81. The number of nitrogens with zero attached hydrogens (tertiary/aromatic N) is 2. The van der Waals surface area contributed by atoms with Gasteiger partial charge in [-0.3, -0.25) is 0 Å². The maximum atomic E-state index is 9.35. The maximum absolute atomic E-state index is 9.35. The Morgan fingerprint density at radius 3 is 1.62 bits per heavy atom. The molecule has 26 heavy (non-hydrogen) atoms. The summed E-state index contributed by atoms with van der Waals surface area (Å²) >= 11 is 2.94. The Bertz CT molecular complexity index is 568. The third-order valence-corrected chi connectivity index (χ3v) is 12.8. The number of rotatable bonds is 12. The molecular weight excluding hydrogens is 389 g/mol. The van der Waals surface area contributed by atoms with Crippen LogP contribution in [0, 0.1) is 21.3 Å². The van der Waals surface area contributed by atoms with Gasteiger partial charge in [-0.1, -0.05) is 63.2 Å². The Hall–Kier alpha value is -0.666. The van der Waals surface area contributed by atoms with E-state index in [4.69, 9.17) is 0 Å². The number of thiocyanates is 2. The van der Waals surface area contributed by atoms with Gasteiger partial charge in [0.2, 0.25) is 0 Å². The number of hydrogen-bond donors (Lipinski definition) is 0. The second kappa shape index (κ2) is 11.9. The predicted molar refractivity (Wildman–Crippen MR) is 118 cm³/mol. The molecule has 0 saturated heterocycles. The second-order valence-corrected chi connectivity index (χ2v) is 13.8. The molecular formula is C20H28N2S2Si2. The van der Waals surface area contributed by atoms with Gasteiger partial charge in [0.15, 0.2) is 0 Å². The van der Waals surface area contributed by atoms with Gasteiger partial charge in [-0.15, -0.1) is 0 Å². The molecule has 0 unspecified atom stereocenters. The SMILES string of the molecule is CCC(CC)([Si]C(Cc1ccccc1)[Si]C(CC)(CC)SC#N)SC#N. The summed E-state index contributed by atoms with van der Waals surface area (Å²) in [5.74, 6) is 0. The maximum Gasteiger partial charge on any atom is 0.133 e. The van der Waals surface area contributed by atoms with Crippen molar-refractivity contribution >= 4 is 42.6 Å². The van der Waals surface area contributed by atoms with E-state index in [2.05, 4.69) is 68.8 Å². The normalized spacial score (nSPS) is 12.0. The zero-order valence-electron chi connectivity index (χ0n) is 16.2. The molecule has 0 heterocycles. The number of hydrogen-bond acceptors (Lipinski definition) is 4. The second-order valence-electron chi connectivity index (χ2n) is 6.32. The van der Waals surface area contributed by atoms with Crippen LogP contribution in [-0.4, -0.2) is 27.8 Å². The molecule has 0 N–H and O–H groups in total. The minimum absolute atomic E-state index is 0.0474. The molecule has 0 fully saturated rings. The van der Waals surface area contributed by atoms with E-state index in [9.17, 15) is 10.5 Å². The van der Waals surface area contributed by atoms with Gasteiger partial charge in [-0.05, 0) is 61.2 Å². The highest BCUT2D eigenvalue weighted by Gasteiger charge is 2.37. The average Bonchev–Trinajstić information content (AvgIpc) is 2.67. The molecule has 138 valence electrons. The predicted octanol–water partition coefficient (Wildman–Crippen LogP) is 5.84. The highest BCUT2D eigenvalue weighted by molar-refractivity contribution is 8.06. The first-order valence-electron chi connectivity index (χ1n) is 9.26. The lowest BCUT2D eigenvalue weighted by Crippen LogP contribution is -2.42. The Kier molecular flexibility index (Phi) is 10.7. The van der Waals surface area contributed by atoms with Crippen LogP contribution in [-0.2, 0) is 6.42 Å².